The van der Waals surface area contributed by atoms with E-state index in [2.05, 4.69) is 4.98 Å². The minimum absolute atomic E-state index is 0.514. The molecule has 0 bridgehead atoms. The summed E-state index contributed by atoms with van der Waals surface area (Å²) < 4.78 is 5.46. The van der Waals surface area contributed by atoms with Gasteiger partial charge in [-0.1, -0.05) is 0 Å². The second kappa shape index (κ2) is 5.32. The number of rotatable bonds is 4. The number of hydrogen-bond donors (Lipinski definition) is 4. The zero-order chi connectivity index (χ0) is 15.6. The fourth-order valence-electron chi connectivity index (χ4n) is 1.44. The number of aliphatic carboxylic acids is 1. The molecule has 0 saturated carbocycles. The minimum atomic E-state index is -1.90. The zero-order valence-electron chi connectivity index (χ0n) is 10.2. The Hall–Kier alpha value is -3.37. The summed E-state index contributed by atoms with van der Waals surface area (Å²) in [5.41, 5.74) is -3.53. The van der Waals surface area contributed by atoms with Crippen LogP contribution in [0.15, 0.2) is 37.6 Å². The first-order valence-electron chi connectivity index (χ1n) is 5.41. The van der Waals surface area contributed by atoms with E-state index in [1.54, 1.807) is 0 Å². The van der Waals surface area contributed by atoms with Crippen LogP contribution < -0.4 is 27.2 Å². The van der Waals surface area contributed by atoms with Crippen molar-refractivity contribution >= 4 is 5.97 Å². The molecule has 2 rings (SSSR count). The van der Waals surface area contributed by atoms with Gasteiger partial charge < -0.3 is 14.8 Å². The monoisotopic (exact) mass is 296 g/mol. The molecule has 2 heterocycles. The van der Waals surface area contributed by atoms with Gasteiger partial charge in [-0.2, -0.15) is 0 Å². The van der Waals surface area contributed by atoms with Gasteiger partial charge in [0, 0.05) is 12.3 Å². The molecule has 110 valence electrons. The van der Waals surface area contributed by atoms with Crippen LogP contribution in [0.2, 0.25) is 0 Å². The molecule has 0 aliphatic rings. The van der Waals surface area contributed by atoms with E-state index in [0.717, 1.165) is 18.5 Å². The van der Waals surface area contributed by atoms with Crippen molar-refractivity contribution in [2.75, 3.05) is 0 Å². The van der Waals surface area contributed by atoms with Gasteiger partial charge in [-0.3, -0.25) is 24.1 Å². The van der Waals surface area contributed by atoms with Crippen molar-refractivity contribution < 1.29 is 14.6 Å². The van der Waals surface area contributed by atoms with Crippen molar-refractivity contribution in [3.8, 4) is 5.75 Å². The molecular formula is C10H8N4O7. The molecule has 1 unspecified atom stereocenters. The number of ether oxygens (including phenoxy) is 1. The second-order valence-corrected chi connectivity index (χ2v) is 3.76. The number of aromatic nitrogens is 4. The molecule has 0 saturated heterocycles. The Kier molecular flexibility index (Phi) is 3.56. The number of hydrogen-bond acceptors (Lipinski definition) is 6. The van der Waals surface area contributed by atoms with Gasteiger partial charge in [0.15, 0.2) is 0 Å². The smallest absolute Gasteiger partial charge is 0.367 e. The quantitative estimate of drug-likeness (QED) is 0.486. The predicted molar refractivity (Wildman–Crippen MR) is 66.3 cm³/mol. The number of aromatic amines is 3. The summed E-state index contributed by atoms with van der Waals surface area (Å²) in [4.78, 5) is 61.7. The van der Waals surface area contributed by atoms with E-state index in [4.69, 9.17) is 9.84 Å². The highest BCUT2D eigenvalue weighted by atomic mass is 16.5. The molecule has 0 amide bonds. The number of carboxylic acids is 1. The molecule has 4 N–H and O–H groups in total. The lowest BCUT2D eigenvalue weighted by Gasteiger charge is -2.15. The minimum Gasteiger partial charge on any atom is -0.477 e. The van der Waals surface area contributed by atoms with E-state index in [9.17, 15) is 24.0 Å². The number of H-pyrrole nitrogens is 3. The lowest BCUT2D eigenvalue weighted by Crippen LogP contribution is -2.38. The molecule has 0 aromatic carbocycles. The molecule has 0 aliphatic heterocycles. The molecule has 2 aromatic rings. The van der Waals surface area contributed by atoms with Crippen molar-refractivity contribution in [3.05, 3.63) is 60.1 Å². The largest absolute Gasteiger partial charge is 0.477 e. The van der Waals surface area contributed by atoms with Crippen LogP contribution in [0.25, 0.3) is 0 Å². The van der Waals surface area contributed by atoms with Crippen molar-refractivity contribution in [3.63, 3.8) is 0 Å². The number of nitrogens with zero attached hydrogens (tertiary/aromatic N) is 1. The summed E-state index contributed by atoms with van der Waals surface area (Å²) >= 11 is 0. The van der Waals surface area contributed by atoms with Gasteiger partial charge >= 0.3 is 17.3 Å². The molecule has 1 atom stereocenters. The Morgan fingerprint density at radius 3 is 2.52 bits per heavy atom. The third-order valence-electron chi connectivity index (χ3n) is 2.34. The number of carboxylic acid groups (broad SMARTS) is 1. The van der Waals surface area contributed by atoms with Gasteiger partial charge in [-0.15, -0.1) is 0 Å². The maximum atomic E-state index is 11.5. The Bertz CT molecular complexity index is 903. The molecule has 0 fully saturated rings. The number of carbonyl (C=O) groups is 1. The van der Waals surface area contributed by atoms with Gasteiger partial charge in [0.1, 0.15) is 0 Å². The van der Waals surface area contributed by atoms with Crippen molar-refractivity contribution in [1.82, 2.24) is 19.5 Å². The van der Waals surface area contributed by atoms with E-state index in [0.29, 0.717) is 4.57 Å². The van der Waals surface area contributed by atoms with Crippen LogP contribution >= 0.6 is 0 Å². The first-order valence-corrected chi connectivity index (χ1v) is 5.41. The van der Waals surface area contributed by atoms with E-state index in [-0.39, 0.29) is 0 Å². The fraction of sp³-hybridized carbons (Fsp3) is 0.100. The average molecular weight is 296 g/mol. The van der Waals surface area contributed by atoms with Gasteiger partial charge in [-0.05, 0) is 0 Å². The molecule has 11 heteroatoms. The van der Waals surface area contributed by atoms with Gasteiger partial charge in [0.25, 0.3) is 17.3 Å². The zero-order valence-corrected chi connectivity index (χ0v) is 10.2. The SMILES string of the molecule is O=C(O)C(Oc1c[nH]c(=O)[nH]c1=O)n1ccc(=O)[nH]c1=O. The van der Waals surface area contributed by atoms with Crippen molar-refractivity contribution in [2.45, 2.75) is 6.23 Å². The predicted octanol–water partition coefficient (Wildman–Crippen LogP) is -2.42. The third kappa shape index (κ3) is 2.97. The maximum absolute atomic E-state index is 11.5. The first kappa shape index (κ1) is 14.0. The van der Waals surface area contributed by atoms with Crippen LogP contribution in [0.1, 0.15) is 6.23 Å². The Labute approximate surface area is 113 Å². The molecule has 0 radical (unpaired) electrons. The second-order valence-electron chi connectivity index (χ2n) is 3.76. The van der Waals surface area contributed by atoms with Gasteiger partial charge in [-0.25, -0.2) is 14.4 Å². The average Bonchev–Trinajstić information content (AvgIpc) is 2.38. The Balaban J connectivity index is 2.47. The van der Waals surface area contributed by atoms with Crippen LogP contribution in [0.4, 0.5) is 0 Å². The van der Waals surface area contributed by atoms with Crippen LogP contribution in [-0.2, 0) is 4.79 Å². The normalized spacial score (nSPS) is 11.8. The van der Waals surface area contributed by atoms with Crippen LogP contribution in [-0.4, -0.2) is 30.6 Å². The molecular weight excluding hydrogens is 288 g/mol. The molecule has 21 heavy (non-hydrogen) atoms. The lowest BCUT2D eigenvalue weighted by molar-refractivity contribution is -0.150. The van der Waals surface area contributed by atoms with Crippen molar-refractivity contribution in [1.29, 1.82) is 0 Å². The molecule has 0 aliphatic carbocycles. The molecule has 2 aromatic heterocycles. The summed E-state index contributed by atoms with van der Waals surface area (Å²) in [6, 6.07) is 0.914. The van der Waals surface area contributed by atoms with Crippen LogP contribution in [0.3, 0.4) is 0 Å². The highest BCUT2D eigenvalue weighted by Crippen LogP contribution is 2.09. The van der Waals surface area contributed by atoms with E-state index < -0.39 is 40.4 Å². The summed E-state index contributed by atoms with van der Waals surface area (Å²) in [5, 5.41) is 9.07. The Morgan fingerprint density at radius 1 is 1.24 bits per heavy atom. The topological polar surface area (TPSA) is 167 Å². The summed E-state index contributed by atoms with van der Waals surface area (Å²) in [7, 11) is 0. The van der Waals surface area contributed by atoms with Gasteiger partial charge in [0.05, 0.1) is 6.20 Å². The lowest BCUT2D eigenvalue weighted by atomic mass is 10.5. The van der Waals surface area contributed by atoms with E-state index in [1.807, 2.05) is 9.97 Å². The number of nitrogens with one attached hydrogen (secondary N) is 3. The highest BCUT2D eigenvalue weighted by Gasteiger charge is 2.24. The third-order valence-corrected chi connectivity index (χ3v) is 2.34. The van der Waals surface area contributed by atoms with Crippen LogP contribution in [0, 0.1) is 0 Å². The summed E-state index contributed by atoms with van der Waals surface area (Å²) in [6.45, 7) is 0. The first-order chi connectivity index (χ1) is 9.88. The Morgan fingerprint density at radius 2 is 1.95 bits per heavy atom. The van der Waals surface area contributed by atoms with E-state index in [1.165, 1.54) is 0 Å². The van der Waals surface area contributed by atoms with Crippen LogP contribution in [0.5, 0.6) is 5.75 Å². The fourth-order valence-corrected chi connectivity index (χ4v) is 1.44. The molecule has 0 spiro atoms. The van der Waals surface area contributed by atoms with Gasteiger partial charge in [0.2, 0.25) is 5.75 Å². The van der Waals surface area contributed by atoms with Crippen molar-refractivity contribution in [2.24, 2.45) is 0 Å². The standard InChI is InChI=1S/C10H8N4O7/c15-5-1-2-14(10(20)12-5)7(8(17)18)21-4-3-11-9(19)13-6(4)16/h1-3,7H,(H,17,18)(H,12,15,20)(H2,11,13,16,19). The summed E-state index contributed by atoms with van der Waals surface area (Å²) in [6.07, 6.45) is -0.144. The highest BCUT2D eigenvalue weighted by molar-refractivity contribution is 5.70. The maximum Gasteiger partial charge on any atom is 0.367 e. The summed E-state index contributed by atoms with van der Waals surface area (Å²) in [5.74, 6) is -2.10. The molecule has 11 nitrogen and oxygen atoms in total. The van der Waals surface area contributed by atoms with E-state index >= 15 is 0 Å².